The second-order valence-electron chi connectivity index (χ2n) is 6.05. The topological polar surface area (TPSA) is 38.3 Å². The Morgan fingerprint density at radius 2 is 1.69 bits per heavy atom. The molecule has 132 valence electrons. The maximum atomic E-state index is 12.1. The van der Waals surface area contributed by atoms with Crippen LogP contribution >= 0.6 is 11.8 Å². The number of anilines is 1. The lowest BCUT2D eigenvalue weighted by molar-refractivity contribution is -0.113. The van der Waals surface area contributed by atoms with Gasteiger partial charge in [0.25, 0.3) is 0 Å². The molecule has 1 N–H and O–H groups in total. The zero-order valence-electron chi connectivity index (χ0n) is 14.9. The van der Waals surface area contributed by atoms with Gasteiger partial charge in [0.1, 0.15) is 11.5 Å². The lowest BCUT2D eigenvalue weighted by atomic mass is 10.2. The maximum absolute atomic E-state index is 12.1. The van der Waals surface area contributed by atoms with E-state index in [0.717, 1.165) is 27.6 Å². The van der Waals surface area contributed by atoms with Crippen LogP contribution in [-0.4, -0.2) is 11.7 Å². The van der Waals surface area contributed by atoms with Crippen molar-refractivity contribution < 1.29 is 9.53 Å². The van der Waals surface area contributed by atoms with E-state index in [-0.39, 0.29) is 5.91 Å². The average molecular weight is 363 g/mol. The molecule has 0 aliphatic carbocycles. The van der Waals surface area contributed by atoms with E-state index in [2.05, 4.69) is 5.32 Å². The van der Waals surface area contributed by atoms with Crippen LogP contribution in [-0.2, 0) is 4.79 Å². The van der Waals surface area contributed by atoms with Crippen molar-refractivity contribution in [3.05, 3.63) is 83.9 Å². The molecule has 3 rings (SSSR count). The van der Waals surface area contributed by atoms with Crippen LogP contribution < -0.4 is 10.1 Å². The molecule has 0 radical (unpaired) electrons. The number of amides is 1. The molecule has 0 fully saturated rings. The molecule has 0 saturated heterocycles. The van der Waals surface area contributed by atoms with Crippen LogP contribution in [0.15, 0.2) is 77.7 Å². The molecular weight excluding hydrogens is 342 g/mol. The fourth-order valence-electron chi connectivity index (χ4n) is 2.48. The van der Waals surface area contributed by atoms with E-state index in [1.165, 1.54) is 5.56 Å². The molecule has 3 nitrogen and oxygen atoms in total. The monoisotopic (exact) mass is 363 g/mol. The Morgan fingerprint density at radius 1 is 0.923 bits per heavy atom. The van der Waals surface area contributed by atoms with Gasteiger partial charge in [0, 0.05) is 10.6 Å². The number of hydrogen-bond donors (Lipinski definition) is 1. The first-order chi connectivity index (χ1) is 12.6. The van der Waals surface area contributed by atoms with Gasteiger partial charge in [-0.25, -0.2) is 0 Å². The van der Waals surface area contributed by atoms with E-state index in [4.69, 9.17) is 4.74 Å². The molecule has 0 unspecified atom stereocenters. The van der Waals surface area contributed by atoms with Gasteiger partial charge in [-0.05, 0) is 67.4 Å². The number of thioether (sulfide) groups is 1. The van der Waals surface area contributed by atoms with Gasteiger partial charge in [0.05, 0.1) is 5.75 Å². The normalized spacial score (nSPS) is 10.4. The molecule has 0 aromatic heterocycles. The Hall–Kier alpha value is -2.72. The van der Waals surface area contributed by atoms with Gasteiger partial charge in [-0.15, -0.1) is 11.8 Å². The smallest absolute Gasteiger partial charge is 0.234 e. The number of nitrogens with one attached hydrogen (secondary N) is 1. The summed E-state index contributed by atoms with van der Waals surface area (Å²) >= 11 is 1.54. The number of benzene rings is 3. The van der Waals surface area contributed by atoms with Gasteiger partial charge >= 0.3 is 0 Å². The molecule has 0 saturated carbocycles. The fourth-order valence-corrected chi connectivity index (χ4v) is 3.31. The minimum Gasteiger partial charge on any atom is -0.457 e. The number of hydrogen-bond acceptors (Lipinski definition) is 3. The summed E-state index contributed by atoms with van der Waals surface area (Å²) in [5.41, 5.74) is 3.09. The van der Waals surface area contributed by atoms with Crippen molar-refractivity contribution in [2.45, 2.75) is 18.7 Å². The Labute approximate surface area is 158 Å². The van der Waals surface area contributed by atoms with Crippen molar-refractivity contribution >= 4 is 23.4 Å². The molecule has 26 heavy (non-hydrogen) atoms. The SMILES string of the molecule is Cc1cccc(Oc2ccc(NC(=O)CSc3ccccc3C)cc2)c1. The second kappa shape index (κ2) is 8.59. The predicted molar refractivity (Wildman–Crippen MR) is 108 cm³/mol. The van der Waals surface area contributed by atoms with E-state index in [1.807, 2.05) is 86.6 Å². The van der Waals surface area contributed by atoms with Crippen LogP contribution in [0, 0.1) is 13.8 Å². The van der Waals surface area contributed by atoms with Crippen LogP contribution in [0.3, 0.4) is 0 Å². The van der Waals surface area contributed by atoms with E-state index in [9.17, 15) is 4.79 Å². The lowest BCUT2D eigenvalue weighted by Gasteiger charge is -2.09. The predicted octanol–water partition coefficient (Wildman–Crippen LogP) is 5.83. The Bertz CT molecular complexity index is 891. The highest BCUT2D eigenvalue weighted by Crippen LogP contribution is 2.25. The summed E-state index contributed by atoms with van der Waals surface area (Å²) in [6, 6.07) is 23.4. The van der Waals surface area contributed by atoms with Gasteiger partial charge < -0.3 is 10.1 Å². The van der Waals surface area contributed by atoms with E-state index < -0.39 is 0 Å². The molecule has 3 aromatic carbocycles. The van der Waals surface area contributed by atoms with Gasteiger partial charge in [0.15, 0.2) is 0 Å². The summed E-state index contributed by atoms with van der Waals surface area (Å²) in [6.07, 6.45) is 0. The van der Waals surface area contributed by atoms with E-state index >= 15 is 0 Å². The second-order valence-corrected chi connectivity index (χ2v) is 7.06. The van der Waals surface area contributed by atoms with Gasteiger partial charge in [-0.1, -0.05) is 30.3 Å². The zero-order chi connectivity index (χ0) is 18.4. The third-order valence-corrected chi connectivity index (χ3v) is 4.99. The van der Waals surface area contributed by atoms with Crippen LogP contribution in [0.4, 0.5) is 5.69 Å². The lowest BCUT2D eigenvalue weighted by Crippen LogP contribution is -2.13. The highest BCUT2D eigenvalue weighted by molar-refractivity contribution is 8.00. The highest BCUT2D eigenvalue weighted by atomic mass is 32.2. The average Bonchev–Trinajstić information content (AvgIpc) is 2.63. The fraction of sp³-hybridized carbons (Fsp3) is 0.136. The van der Waals surface area contributed by atoms with Crippen LogP contribution in [0.1, 0.15) is 11.1 Å². The molecule has 0 heterocycles. The Morgan fingerprint density at radius 3 is 2.42 bits per heavy atom. The number of carbonyl (C=O) groups is 1. The first kappa shape index (κ1) is 18.1. The van der Waals surface area contributed by atoms with Crippen molar-refractivity contribution in [1.82, 2.24) is 0 Å². The summed E-state index contributed by atoms with van der Waals surface area (Å²) < 4.78 is 5.82. The van der Waals surface area contributed by atoms with Crippen molar-refractivity contribution in [2.24, 2.45) is 0 Å². The first-order valence-corrected chi connectivity index (χ1v) is 9.41. The summed E-state index contributed by atoms with van der Waals surface area (Å²) in [7, 11) is 0. The molecular formula is C22H21NO2S. The molecule has 3 aromatic rings. The third kappa shape index (κ3) is 5.14. The summed E-state index contributed by atoms with van der Waals surface area (Å²) in [4.78, 5) is 13.3. The molecule has 4 heteroatoms. The summed E-state index contributed by atoms with van der Waals surface area (Å²) in [5, 5.41) is 2.92. The van der Waals surface area contributed by atoms with Crippen molar-refractivity contribution in [3.8, 4) is 11.5 Å². The van der Waals surface area contributed by atoms with Crippen molar-refractivity contribution in [3.63, 3.8) is 0 Å². The van der Waals surface area contributed by atoms with Gasteiger partial charge in [-0.3, -0.25) is 4.79 Å². The van der Waals surface area contributed by atoms with Crippen LogP contribution in [0.25, 0.3) is 0 Å². The van der Waals surface area contributed by atoms with Crippen molar-refractivity contribution in [1.29, 1.82) is 0 Å². The van der Waals surface area contributed by atoms with Crippen molar-refractivity contribution in [2.75, 3.05) is 11.1 Å². The third-order valence-electron chi connectivity index (χ3n) is 3.82. The molecule has 0 aliphatic rings. The highest BCUT2D eigenvalue weighted by Gasteiger charge is 2.06. The Balaban J connectivity index is 1.53. The van der Waals surface area contributed by atoms with Crippen LogP contribution in [0.5, 0.6) is 11.5 Å². The van der Waals surface area contributed by atoms with Gasteiger partial charge in [-0.2, -0.15) is 0 Å². The van der Waals surface area contributed by atoms with Crippen LogP contribution in [0.2, 0.25) is 0 Å². The van der Waals surface area contributed by atoms with Gasteiger partial charge in [0.2, 0.25) is 5.91 Å². The number of aryl methyl sites for hydroxylation is 2. The van der Waals surface area contributed by atoms with E-state index in [0.29, 0.717) is 5.75 Å². The number of rotatable bonds is 6. The number of carbonyl (C=O) groups excluding carboxylic acids is 1. The minimum atomic E-state index is -0.0226. The molecule has 0 bridgehead atoms. The zero-order valence-corrected chi connectivity index (χ0v) is 15.7. The largest absolute Gasteiger partial charge is 0.457 e. The number of ether oxygens (including phenoxy) is 1. The summed E-state index contributed by atoms with van der Waals surface area (Å²) in [5.74, 6) is 1.90. The molecule has 0 spiro atoms. The molecule has 0 aliphatic heterocycles. The quantitative estimate of drug-likeness (QED) is 0.560. The standard InChI is InChI=1S/C22H21NO2S/c1-16-6-5-8-20(14-16)25-19-12-10-18(11-13-19)23-22(24)15-26-21-9-4-3-7-17(21)2/h3-14H,15H2,1-2H3,(H,23,24). The first-order valence-electron chi connectivity index (χ1n) is 8.43. The summed E-state index contributed by atoms with van der Waals surface area (Å²) in [6.45, 7) is 4.08. The molecule has 1 amide bonds. The van der Waals surface area contributed by atoms with E-state index in [1.54, 1.807) is 11.8 Å². The minimum absolute atomic E-state index is 0.0226. The maximum Gasteiger partial charge on any atom is 0.234 e. The molecule has 0 atom stereocenters. The Kier molecular flexibility index (Phi) is 5.97.